The second-order valence-electron chi connectivity index (χ2n) is 6.39. The monoisotopic (exact) mass is 289 g/mol. The zero-order chi connectivity index (χ0) is 14.8. The van der Waals surface area contributed by atoms with Gasteiger partial charge >= 0.3 is 0 Å². The molecule has 1 fully saturated rings. The van der Waals surface area contributed by atoms with Crippen LogP contribution in [0.25, 0.3) is 11.0 Å². The summed E-state index contributed by atoms with van der Waals surface area (Å²) in [7, 11) is 0. The highest BCUT2D eigenvalue weighted by Gasteiger charge is 2.29. The quantitative estimate of drug-likeness (QED) is 0.852. The maximum absolute atomic E-state index is 13.3. The third-order valence-corrected chi connectivity index (χ3v) is 4.76. The van der Waals surface area contributed by atoms with Gasteiger partial charge in [0.25, 0.3) is 0 Å². The lowest BCUT2D eigenvalue weighted by Crippen LogP contribution is -2.30. The smallest absolute Gasteiger partial charge is 0.134 e. The summed E-state index contributed by atoms with van der Waals surface area (Å²) >= 11 is 0. The zero-order valence-electron chi connectivity index (χ0n) is 12.9. The van der Waals surface area contributed by atoms with Gasteiger partial charge in [0.2, 0.25) is 0 Å². The van der Waals surface area contributed by atoms with E-state index in [2.05, 4.69) is 19.2 Å². The summed E-state index contributed by atoms with van der Waals surface area (Å²) in [6.07, 6.45) is 5.07. The van der Waals surface area contributed by atoms with Crippen LogP contribution in [0, 0.1) is 17.7 Å². The summed E-state index contributed by atoms with van der Waals surface area (Å²) in [5.41, 5.74) is 0.776. The largest absolute Gasteiger partial charge is 0.459 e. The normalized spacial score (nSPS) is 24.3. The van der Waals surface area contributed by atoms with Crippen molar-refractivity contribution in [3.8, 4) is 0 Å². The molecule has 1 aliphatic rings. The van der Waals surface area contributed by atoms with E-state index < -0.39 is 0 Å². The molecule has 2 aromatic rings. The molecule has 1 atom stereocenters. The van der Waals surface area contributed by atoms with Crippen molar-refractivity contribution in [3.63, 3.8) is 0 Å². The molecule has 1 aromatic carbocycles. The summed E-state index contributed by atoms with van der Waals surface area (Å²) in [6.45, 7) is 5.38. The summed E-state index contributed by atoms with van der Waals surface area (Å²) in [5, 5.41) is 4.43. The Balaban J connectivity index is 1.87. The summed E-state index contributed by atoms with van der Waals surface area (Å²) in [4.78, 5) is 0. The lowest BCUT2D eigenvalue weighted by Gasteiger charge is -2.32. The number of hydrogen-bond acceptors (Lipinski definition) is 2. The van der Waals surface area contributed by atoms with Gasteiger partial charge < -0.3 is 9.73 Å². The van der Waals surface area contributed by atoms with Crippen molar-refractivity contribution in [3.05, 3.63) is 35.8 Å². The fraction of sp³-hybridized carbons (Fsp3) is 0.556. The van der Waals surface area contributed by atoms with Gasteiger partial charge in [-0.25, -0.2) is 4.39 Å². The highest BCUT2D eigenvalue weighted by molar-refractivity contribution is 5.78. The van der Waals surface area contributed by atoms with E-state index in [1.807, 2.05) is 6.07 Å². The fourth-order valence-electron chi connectivity index (χ4n) is 3.53. The first kappa shape index (κ1) is 14.6. The average molecular weight is 289 g/mol. The van der Waals surface area contributed by atoms with Crippen LogP contribution >= 0.6 is 0 Å². The topological polar surface area (TPSA) is 25.2 Å². The van der Waals surface area contributed by atoms with Crippen LogP contribution in [0.2, 0.25) is 0 Å². The van der Waals surface area contributed by atoms with Gasteiger partial charge in [0, 0.05) is 5.39 Å². The minimum absolute atomic E-state index is 0.207. The molecule has 0 bridgehead atoms. The number of nitrogens with one attached hydrogen (secondary N) is 1. The molecule has 1 saturated carbocycles. The molecule has 1 aliphatic carbocycles. The standard InChI is InChI=1S/C18H24FNO/c1-3-20-18(13-6-4-12(2)5-7-13)17-11-14-10-15(19)8-9-16(14)21-17/h8-13,18,20H,3-7H2,1-2H3. The molecule has 1 heterocycles. The lowest BCUT2D eigenvalue weighted by atomic mass is 9.78. The van der Waals surface area contributed by atoms with Crippen LogP contribution in [-0.4, -0.2) is 6.54 Å². The van der Waals surface area contributed by atoms with Gasteiger partial charge in [-0.1, -0.05) is 26.7 Å². The fourth-order valence-corrected chi connectivity index (χ4v) is 3.53. The Bertz CT molecular complexity index is 598. The first-order chi connectivity index (χ1) is 10.2. The number of fused-ring (bicyclic) bond motifs is 1. The Morgan fingerprint density at radius 3 is 2.71 bits per heavy atom. The van der Waals surface area contributed by atoms with Crippen molar-refractivity contribution in [2.45, 2.75) is 45.6 Å². The predicted octanol–water partition coefficient (Wildman–Crippen LogP) is 5.05. The first-order valence-electron chi connectivity index (χ1n) is 8.09. The van der Waals surface area contributed by atoms with Gasteiger partial charge in [-0.15, -0.1) is 0 Å². The molecule has 0 saturated heterocycles. The third-order valence-electron chi connectivity index (χ3n) is 4.76. The van der Waals surface area contributed by atoms with Crippen molar-refractivity contribution >= 4 is 11.0 Å². The Morgan fingerprint density at radius 2 is 2.00 bits per heavy atom. The van der Waals surface area contributed by atoms with Crippen LogP contribution in [0.1, 0.15) is 51.3 Å². The summed E-state index contributed by atoms with van der Waals surface area (Å²) in [5.74, 6) is 2.21. The van der Waals surface area contributed by atoms with Crippen LogP contribution < -0.4 is 5.32 Å². The zero-order valence-corrected chi connectivity index (χ0v) is 12.9. The second-order valence-corrected chi connectivity index (χ2v) is 6.39. The van der Waals surface area contributed by atoms with Crippen LogP contribution in [0.5, 0.6) is 0 Å². The first-order valence-corrected chi connectivity index (χ1v) is 8.09. The minimum atomic E-state index is -0.207. The molecule has 114 valence electrons. The minimum Gasteiger partial charge on any atom is -0.459 e. The van der Waals surface area contributed by atoms with E-state index in [-0.39, 0.29) is 11.9 Å². The number of halogens is 1. The molecule has 0 spiro atoms. The van der Waals surface area contributed by atoms with E-state index in [0.717, 1.165) is 29.2 Å². The maximum Gasteiger partial charge on any atom is 0.134 e. The van der Waals surface area contributed by atoms with Crippen molar-refractivity contribution in [1.82, 2.24) is 5.32 Å². The molecule has 1 N–H and O–H groups in total. The van der Waals surface area contributed by atoms with Gasteiger partial charge in [0.05, 0.1) is 6.04 Å². The van der Waals surface area contributed by atoms with E-state index in [1.54, 1.807) is 12.1 Å². The number of benzene rings is 1. The molecule has 2 nitrogen and oxygen atoms in total. The summed E-state index contributed by atoms with van der Waals surface area (Å²) < 4.78 is 19.3. The molecule has 0 amide bonds. The third kappa shape index (κ3) is 3.13. The van der Waals surface area contributed by atoms with Crippen molar-refractivity contribution in [2.75, 3.05) is 6.54 Å². The Kier molecular flexibility index (Phi) is 4.29. The van der Waals surface area contributed by atoms with E-state index in [0.29, 0.717) is 5.92 Å². The summed E-state index contributed by atoms with van der Waals surface area (Å²) in [6, 6.07) is 6.98. The number of hydrogen-bond donors (Lipinski definition) is 1. The molecule has 1 aromatic heterocycles. The van der Waals surface area contributed by atoms with Crippen molar-refractivity contribution < 1.29 is 8.81 Å². The van der Waals surface area contributed by atoms with Crippen LogP contribution in [-0.2, 0) is 0 Å². The SMILES string of the molecule is CCNC(c1cc2cc(F)ccc2o1)C1CCC(C)CC1. The molecule has 1 unspecified atom stereocenters. The van der Waals surface area contributed by atoms with Crippen molar-refractivity contribution in [2.24, 2.45) is 11.8 Å². The van der Waals surface area contributed by atoms with Gasteiger partial charge in [-0.05, 0) is 55.5 Å². The van der Waals surface area contributed by atoms with Crippen LogP contribution in [0.3, 0.4) is 0 Å². The lowest BCUT2D eigenvalue weighted by molar-refractivity contribution is 0.216. The Labute approximate surface area is 125 Å². The molecular weight excluding hydrogens is 265 g/mol. The second kappa shape index (κ2) is 6.18. The Morgan fingerprint density at radius 1 is 1.24 bits per heavy atom. The molecule has 21 heavy (non-hydrogen) atoms. The predicted molar refractivity (Wildman–Crippen MR) is 83.7 cm³/mol. The van der Waals surface area contributed by atoms with Crippen molar-refractivity contribution in [1.29, 1.82) is 0 Å². The molecule has 0 aliphatic heterocycles. The molecule has 3 rings (SSSR count). The Hall–Kier alpha value is -1.35. The highest BCUT2D eigenvalue weighted by Crippen LogP contribution is 2.38. The van der Waals surface area contributed by atoms with Crippen LogP contribution in [0.4, 0.5) is 4.39 Å². The van der Waals surface area contributed by atoms with E-state index in [1.165, 1.54) is 31.7 Å². The van der Waals surface area contributed by atoms with E-state index in [9.17, 15) is 4.39 Å². The average Bonchev–Trinajstić information content (AvgIpc) is 2.88. The molecule has 0 radical (unpaired) electrons. The van der Waals surface area contributed by atoms with Gasteiger partial charge in [-0.3, -0.25) is 0 Å². The maximum atomic E-state index is 13.3. The van der Waals surface area contributed by atoms with Gasteiger partial charge in [-0.2, -0.15) is 0 Å². The number of furan rings is 1. The van der Waals surface area contributed by atoms with E-state index >= 15 is 0 Å². The number of rotatable bonds is 4. The molecule has 3 heteroatoms. The van der Waals surface area contributed by atoms with Gasteiger partial charge in [0.1, 0.15) is 17.2 Å². The highest BCUT2D eigenvalue weighted by atomic mass is 19.1. The van der Waals surface area contributed by atoms with E-state index in [4.69, 9.17) is 4.42 Å². The van der Waals surface area contributed by atoms with Gasteiger partial charge in [0.15, 0.2) is 0 Å². The molecular formula is C18H24FNO. The van der Waals surface area contributed by atoms with Crippen LogP contribution in [0.15, 0.2) is 28.7 Å².